The highest BCUT2D eigenvalue weighted by atomic mass is 35.5. The van der Waals surface area contributed by atoms with Gasteiger partial charge in [0.1, 0.15) is 5.75 Å². The predicted octanol–water partition coefficient (Wildman–Crippen LogP) is 2.74. The summed E-state index contributed by atoms with van der Waals surface area (Å²) in [6, 6.07) is 13.9. The standard InChI is InChI=1S/C18H15ClN4O3/c1-26-15-7-5-14(6-8-15)21-11-16-20-22(18(25)23(16)17(21)24)10-12-3-2-4-13(19)9-12/h2-9H,10-11H2,1H3. The molecular formula is C18H15ClN4O3. The summed E-state index contributed by atoms with van der Waals surface area (Å²) < 4.78 is 7.51. The Balaban J connectivity index is 1.61. The topological polar surface area (TPSA) is 69.4 Å². The number of nitrogens with zero attached hydrogens (tertiary/aromatic N) is 4. The number of ether oxygens (including phenoxy) is 1. The van der Waals surface area contributed by atoms with E-state index in [2.05, 4.69) is 5.10 Å². The molecule has 0 N–H and O–H groups in total. The van der Waals surface area contributed by atoms with Crippen LogP contribution in [-0.2, 0) is 13.1 Å². The Hall–Kier alpha value is -3.06. The van der Waals surface area contributed by atoms with Crippen molar-refractivity contribution in [3.8, 4) is 5.75 Å². The van der Waals surface area contributed by atoms with Crippen LogP contribution in [0.2, 0.25) is 5.02 Å². The van der Waals surface area contributed by atoms with Crippen LogP contribution in [0.3, 0.4) is 0 Å². The van der Waals surface area contributed by atoms with E-state index >= 15 is 0 Å². The molecule has 0 saturated heterocycles. The van der Waals surface area contributed by atoms with Crippen LogP contribution < -0.4 is 15.3 Å². The first-order valence-corrected chi connectivity index (χ1v) is 8.34. The Kier molecular flexibility index (Phi) is 4.00. The van der Waals surface area contributed by atoms with Gasteiger partial charge >= 0.3 is 11.7 Å². The van der Waals surface area contributed by atoms with Gasteiger partial charge in [0, 0.05) is 10.7 Å². The SMILES string of the molecule is COc1ccc(N2Cc3nn(Cc4cccc(Cl)c4)c(=O)n3C2=O)cc1. The van der Waals surface area contributed by atoms with Gasteiger partial charge in [-0.15, -0.1) is 0 Å². The van der Waals surface area contributed by atoms with Crippen LogP contribution >= 0.6 is 11.6 Å². The van der Waals surface area contributed by atoms with Crippen molar-refractivity contribution in [2.45, 2.75) is 13.1 Å². The molecule has 2 aromatic carbocycles. The van der Waals surface area contributed by atoms with Gasteiger partial charge in [-0.1, -0.05) is 23.7 Å². The van der Waals surface area contributed by atoms with Gasteiger partial charge in [-0.3, -0.25) is 4.90 Å². The van der Waals surface area contributed by atoms with Crippen molar-refractivity contribution in [3.63, 3.8) is 0 Å². The van der Waals surface area contributed by atoms with Crippen molar-refractivity contribution >= 4 is 23.3 Å². The van der Waals surface area contributed by atoms with Crippen molar-refractivity contribution < 1.29 is 9.53 Å². The van der Waals surface area contributed by atoms with E-state index in [0.717, 1.165) is 10.1 Å². The molecule has 0 spiro atoms. The van der Waals surface area contributed by atoms with Gasteiger partial charge in [-0.05, 0) is 42.0 Å². The molecule has 8 heteroatoms. The van der Waals surface area contributed by atoms with Crippen LogP contribution in [0.1, 0.15) is 11.4 Å². The van der Waals surface area contributed by atoms with E-state index in [1.165, 1.54) is 9.58 Å². The molecule has 0 bridgehead atoms. The third-order valence-corrected chi connectivity index (χ3v) is 4.47. The van der Waals surface area contributed by atoms with Gasteiger partial charge in [0.25, 0.3) is 0 Å². The second-order valence-corrected chi connectivity index (χ2v) is 6.32. The molecule has 3 aromatic rings. The fourth-order valence-corrected chi connectivity index (χ4v) is 3.17. The molecule has 1 aliphatic heterocycles. The number of carbonyl (C=O) groups excluding carboxylic acids is 1. The third-order valence-electron chi connectivity index (χ3n) is 4.23. The number of halogens is 1. The van der Waals surface area contributed by atoms with E-state index < -0.39 is 11.7 Å². The van der Waals surface area contributed by atoms with Crippen LogP contribution in [0.4, 0.5) is 10.5 Å². The number of amides is 1. The highest BCUT2D eigenvalue weighted by Gasteiger charge is 2.33. The summed E-state index contributed by atoms with van der Waals surface area (Å²) in [5, 5.41) is 4.90. The van der Waals surface area contributed by atoms with Crippen LogP contribution in [0.5, 0.6) is 5.75 Å². The lowest BCUT2D eigenvalue weighted by Gasteiger charge is -2.15. The van der Waals surface area contributed by atoms with E-state index in [1.54, 1.807) is 43.5 Å². The largest absolute Gasteiger partial charge is 0.497 e. The van der Waals surface area contributed by atoms with Crippen LogP contribution in [0.25, 0.3) is 0 Å². The molecule has 4 rings (SSSR count). The van der Waals surface area contributed by atoms with Gasteiger partial charge in [0.05, 0.1) is 20.2 Å². The van der Waals surface area contributed by atoms with Crippen molar-refractivity contribution in [2.75, 3.05) is 12.0 Å². The second-order valence-electron chi connectivity index (χ2n) is 5.89. The lowest BCUT2D eigenvalue weighted by molar-refractivity contribution is 0.250. The lowest BCUT2D eigenvalue weighted by atomic mass is 10.2. The Labute approximate surface area is 154 Å². The van der Waals surface area contributed by atoms with Crippen molar-refractivity contribution in [1.82, 2.24) is 14.3 Å². The molecule has 2 heterocycles. The monoisotopic (exact) mass is 370 g/mol. The van der Waals surface area contributed by atoms with Crippen molar-refractivity contribution in [2.24, 2.45) is 0 Å². The van der Waals surface area contributed by atoms with E-state index in [0.29, 0.717) is 22.3 Å². The molecule has 1 amide bonds. The lowest BCUT2D eigenvalue weighted by Crippen LogP contribution is -2.35. The molecule has 0 atom stereocenters. The fraction of sp³-hybridized carbons (Fsp3) is 0.167. The quantitative estimate of drug-likeness (QED) is 0.708. The number of carbonyl (C=O) groups is 1. The molecule has 1 aromatic heterocycles. The highest BCUT2D eigenvalue weighted by molar-refractivity contribution is 6.30. The van der Waals surface area contributed by atoms with Gasteiger partial charge in [0.2, 0.25) is 0 Å². The molecule has 0 unspecified atom stereocenters. The average molecular weight is 371 g/mol. The molecule has 132 valence electrons. The predicted molar refractivity (Wildman–Crippen MR) is 97.0 cm³/mol. The molecule has 0 saturated carbocycles. The van der Waals surface area contributed by atoms with E-state index in [4.69, 9.17) is 16.3 Å². The van der Waals surface area contributed by atoms with Crippen LogP contribution in [0, 0.1) is 0 Å². The number of aromatic nitrogens is 3. The minimum atomic E-state index is -0.457. The number of hydrogen-bond donors (Lipinski definition) is 0. The maximum Gasteiger partial charge on any atom is 0.354 e. The third kappa shape index (κ3) is 2.76. The zero-order chi connectivity index (χ0) is 18.3. The summed E-state index contributed by atoms with van der Waals surface area (Å²) in [6.07, 6.45) is 0. The van der Waals surface area contributed by atoms with Crippen LogP contribution in [0.15, 0.2) is 53.3 Å². The van der Waals surface area contributed by atoms with Gasteiger partial charge < -0.3 is 4.74 Å². The molecule has 26 heavy (non-hydrogen) atoms. The van der Waals surface area contributed by atoms with Crippen molar-refractivity contribution in [3.05, 3.63) is 75.4 Å². The number of benzene rings is 2. The van der Waals surface area contributed by atoms with E-state index in [9.17, 15) is 9.59 Å². The normalized spacial score (nSPS) is 13.2. The van der Waals surface area contributed by atoms with Gasteiger partial charge in [0.15, 0.2) is 5.82 Å². The van der Waals surface area contributed by atoms with Gasteiger partial charge in [-0.2, -0.15) is 9.67 Å². The summed E-state index contributed by atoms with van der Waals surface area (Å²) in [5.41, 5.74) is 1.07. The summed E-state index contributed by atoms with van der Waals surface area (Å²) in [5.74, 6) is 1.11. The summed E-state index contributed by atoms with van der Waals surface area (Å²) in [6.45, 7) is 0.498. The first-order chi connectivity index (χ1) is 12.6. The maximum atomic E-state index is 12.7. The molecular weight excluding hydrogens is 356 g/mol. The van der Waals surface area contributed by atoms with Gasteiger partial charge in [-0.25, -0.2) is 14.3 Å². The smallest absolute Gasteiger partial charge is 0.354 e. The number of anilines is 1. The minimum Gasteiger partial charge on any atom is -0.497 e. The minimum absolute atomic E-state index is 0.239. The summed E-state index contributed by atoms with van der Waals surface area (Å²) in [7, 11) is 1.58. The Morgan fingerprint density at radius 3 is 2.58 bits per heavy atom. The number of fused-ring (bicyclic) bond motifs is 1. The van der Waals surface area contributed by atoms with E-state index in [1.807, 2.05) is 12.1 Å². The highest BCUT2D eigenvalue weighted by Crippen LogP contribution is 2.24. The summed E-state index contributed by atoms with van der Waals surface area (Å²) >= 11 is 5.97. The molecule has 7 nitrogen and oxygen atoms in total. The first-order valence-electron chi connectivity index (χ1n) is 7.96. The molecule has 0 fully saturated rings. The second kappa shape index (κ2) is 6.34. The Morgan fingerprint density at radius 2 is 1.92 bits per heavy atom. The zero-order valence-electron chi connectivity index (χ0n) is 13.9. The molecule has 0 radical (unpaired) electrons. The molecule has 1 aliphatic rings. The van der Waals surface area contributed by atoms with Crippen LogP contribution in [-0.4, -0.2) is 27.5 Å². The zero-order valence-corrected chi connectivity index (χ0v) is 14.7. The fourth-order valence-electron chi connectivity index (χ4n) is 2.95. The maximum absolute atomic E-state index is 12.7. The molecule has 0 aliphatic carbocycles. The number of rotatable bonds is 4. The first kappa shape index (κ1) is 16.4. The summed E-state index contributed by atoms with van der Waals surface area (Å²) in [4.78, 5) is 26.8. The number of hydrogen-bond acceptors (Lipinski definition) is 4. The Bertz CT molecular complexity index is 1040. The van der Waals surface area contributed by atoms with Crippen molar-refractivity contribution in [1.29, 1.82) is 0 Å². The number of methoxy groups -OCH3 is 1. The average Bonchev–Trinajstić information content (AvgIpc) is 3.12. The van der Waals surface area contributed by atoms with E-state index in [-0.39, 0.29) is 13.1 Å². The Morgan fingerprint density at radius 1 is 1.15 bits per heavy atom.